The lowest BCUT2D eigenvalue weighted by Gasteiger charge is -2.26. The molecule has 0 bridgehead atoms. The van der Waals surface area contributed by atoms with Crippen molar-refractivity contribution in [1.29, 1.82) is 0 Å². The van der Waals surface area contributed by atoms with Gasteiger partial charge in [0.15, 0.2) is 0 Å². The van der Waals surface area contributed by atoms with Crippen molar-refractivity contribution in [3.8, 4) is 5.75 Å². The van der Waals surface area contributed by atoms with Gasteiger partial charge in [0.2, 0.25) is 0 Å². The van der Waals surface area contributed by atoms with Gasteiger partial charge in [-0.2, -0.15) is 0 Å². The highest BCUT2D eigenvalue weighted by Gasteiger charge is 2.10. The standard InChI is InChI=1S/C12H17NO2/c1-14-12-4-2-3-11(9-12)10-13-5-7-15-8-6-13/h2-4,9H,5-8,10H2,1H3. The third-order valence-corrected chi connectivity index (χ3v) is 2.64. The number of ether oxygens (including phenoxy) is 2. The number of hydrogen-bond acceptors (Lipinski definition) is 3. The SMILES string of the molecule is COc1cccc(CN2CCOCC2)c1. The highest BCUT2D eigenvalue weighted by Crippen LogP contribution is 2.14. The van der Waals surface area contributed by atoms with Crippen LogP contribution in [0.3, 0.4) is 0 Å². The maximum absolute atomic E-state index is 5.32. The minimum atomic E-state index is 0.851. The molecule has 15 heavy (non-hydrogen) atoms. The van der Waals surface area contributed by atoms with Crippen molar-refractivity contribution in [3.63, 3.8) is 0 Å². The molecular formula is C12H17NO2. The molecule has 3 heteroatoms. The van der Waals surface area contributed by atoms with Gasteiger partial charge in [0, 0.05) is 19.6 Å². The smallest absolute Gasteiger partial charge is 0.119 e. The summed E-state index contributed by atoms with van der Waals surface area (Å²) >= 11 is 0. The fraction of sp³-hybridized carbons (Fsp3) is 0.500. The summed E-state index contributed by atoms with van der Waals surface area (Å²) < 4.78 is 10.5. The van der Waals surface area contributed by atoms with Crippen LogP contribution in [0.5, 0.6) is 5.75 Å². The van der Waals surface area contributed by atoms with Crippen LogP contribution in [-0.2, 0) is 11.3 Å². The average Bonchev–Trinajstić information content (AvgIpc) is 2.31. The summed E-state index contributed by atoms with van der Waals surface area (Å²) in [6, 6.07) is 8.24. The lowest BCUT2D eigenvalue weighted by atomic mass is 10.2. The van der Waals surface area contributed by atoms with E-state index >= 15 is 0 Å². The number of rotatable bonds is 3. The third kappa shape index (κ3) is 2.94. The van der Waals surface area contributed by atoms with Gasteiger partial charge in [-0.25, -0.2) is 0 Å². The molecule has 2 rings (SSSR count). The van der Waals surface area contributed by atoms with Gasteiger partial charge in [-0.05, 0) is 17.7 Å². The monoisotopic (exact) mass is 207 g/mol. The Morgan fingerprint density at radius 2 is 2.13 bits per heavy atom. The molecule has 1 heterocycles. The normalized spacial score (nSPS) is 17.7. The first-order valence-electron chi connectivity index (χ1n) is 5.31. The fourth-order valence-corrected chi connectivity index (χ4v) is 1.79. The van der Waals surface area contributed by atoms with Gasteiger partial charge < -0.3 is 9.47 Å². The van der Waals surface area contributed by atoms with Gasteiger partial charge in [-0.3, -0.25) is 4.90 Å². The van der Waals surface area contributed by atoms with E-state index in [1.54, 1.807) is 7.11 Å². The topological polar surface area (TPSA) is 21.7 Å². The Morgan fingerprint density at radius 1 is 1.33 bits per heavy atom. The van der Waals surface area contributed by atoms with Crippen LogP contribution in [0.4, 0.5) is 0 Å². The van der Waals surface area contributed by atoms with Crippen molar-refractivity contribution in [2.24, 2.45) is 0 Å². The first-order chi connectivity index (χ1) is 7.38. The largest absolute Gasteiger partial charge is 0.497 e. The zero-order valence-electron chi connectivity index (χ0n) is 9.11. The number of benzene rings is 1. The summed E-state index contributed by atoms with van der Waals surface area (Å²) in [4.78, 5) is 2.40. The third-order valence-electron chi connectivity index (χ3n) is 2.64. The second-order valence-electron chi connectivity index (χ2n) is 3.74. The number of hydrogen-bond donors (Lipinski definition) is 0. The summed E-state index contributed by atoms with van der Waals surface area (Å²) in [5, 5.41) is 0. The highest BCUT2D eigenvalue weighted by molar-refractivity contribution is 5.28. The van der Waals surface area contributed by atoms with Gasteiger partial charge >= 0.3 is 0 Å². The van der Waals surface area contributed by atoms with E-state index in [1.807, 2.05) is 12.1 Å². The molecule has 0 aliphatic carbocycles. The van der Waals surface area contributed by atoms with Crippen molar-refractivity contribution < 1.29 is 9.47 Å². The summed E-state index contributed by atoms with van der Waals surface area (Å²) in [7, 11) is 1.70. The van der Waals surface area contributed by atoms with Gasteiger partial charge in [-0.1, -0.05) is 12.1 Å². The van der Waals surface area contributed by atoms with E-state index in [9.17, 15) is 0 Å². The van der Waals surface area contributed by atoms with Crippen molar-refractivity contribution >= 4 is 0 Å². The second kappa shape index (κ2) is 5.14. The van der Waals surface area contributed by atoms with Gasteiger partial charge in [0.05, 0.1) is 20.3 Å². The van der Waals surface area contributed by atoms with Crippen LogP contribution in [-0.4, -0.2) is 38.3 Å². The Labute approximate surface area is 90.6 Å². The molecule has 1 aliphatic heterocycles. The molecule has 1 fully saturated rings. The van der Waals surface area contributed by atoms with E-state index in [2.05, 4.69) is 17.0 Å². The summed E-state index contributed by atoms with van der Waals surface area (Å²) in [6.45, 7) is 4.74. The molecular weight excluding hydrogens is 190 g/mol. The molecule has 82 valence electrons. The molecule has 3 nitrogen and oxygen atoms in total. The van der Waals surface area contributed by atoms with E-state index in [0.29, 0.717) is 0 Å². The Bertz CT molecular complexity index is 308. The Morgan fingerprint density at radius 3 is 2.87 bits per heavy atom. The fourth-order valence-electron chi connectivity index (χ4n) is 1.79. The quantitative estimate of drug-likeness (QED) is 0.750. The molecule has 1 aromatic rings. The maximum atomic E-state index is 5.32. The molecule has 0 radical (unpaired) electrons. The predicted molar refractivity (Wildman–Crippen MR) is 59.1 cm³/mol. The van der Waals surface area contributed by atoms with Gasteiger partial charge in [-0.15, -0.1) is 0 Å². The van der Waals surface area contributed by atoms with Crippen LogP contribution in [0.15, 0.2) is 24.3 Å². The molecule has 1 saturated heterocycles. The Hall–Kier alpha value is -1.06. The average molecular weight is 207 g/mol. The van der Waals surface area contributed by atoms with Crippen molar-refractivity contribution in [1.82, 2.24) is 4.90 Å². The van der Waals surface area contributed by atoms with Crippen LogP contribution >= 0.6 is 0 Å². The van der Waals surface area contributed by atoms with Crippen molar-refractivity contribution in [2.75, 3.05) is 33.4 Å². The number of nitrogens with zero attached hydrogens (tertiary/aromatic N) is 1. The van der Waals surface area contributed by atoms with Crippen LogP contribution < -0.4 is 4.74 Å². The molecule has 0 atom stereocenters. The van der Waals surface area contributed by atoms with E-state index in [1.165, 1.54) is 5.56 Å². The number of morpholine rings is 1. The van der Waals surface area contributed by atoms with Crippen LogP contribution in [0, 0.1) is 0 Å². The summed E-state index contributed by atoms with van der Waals surface area (Å²) in [6.07, 6.45) is 0. The zero-order chi connectivity index (χ0) is 10.5. The minimum Gasteiger partial charge on any atom is -0.497 e. The molecule has 0 N–H and O–H groups in total. The molecule has 0 aromatic heterocycles. The van der Waals surface area contributed by atoms with E-state index < -0.39 is 0 Å². The molecule has 0 unspecified atom stereocenters. The minimum absolute atomic E-state index is 0.851. The van der Waals surface area contributed by atoms with E-state index in [-0.39, 0.29) is 0 Å². The van der Waals surface area contributed by atoms with Crippen LogP contribution in [0.25, 0.3) is 0 Å². The number of methoxy groups -OCH3 is 1. The first kappa shape index (κ1) is 10.5. The summed E-state index contributed by atoms with van der Waals surface area (Å²) in [5.74, 6) is 0.931. The van der Waals surface area contributed by atoms with Crippen molar-refractivity contribution in [3.05, 3.63) is 29.8 Å². The van der Waals surface area contributed by atoms with Gasteiger partial charge in [0.1, 0.15) is 5.75 Å². The molecule has 0 amide bonds. The van der Waals surface area contributed by atoms with Gasteiger partial charge in [0.25, 0.3) is 0 Å². The first-order valence-corrected chi connectivity index (χ1v) is 5.31. The van der Waals surface area contributed by atoms with E-state index in [4.69, 9.17) is 9.47 Å². The highest BCUT2D eigenvalue weighted by atomic mass is 16.5. The molecule has 0 spiro atoms. The van der Waals surface area contributed by atoms with Crippen LogP contribution in [0.1, 0.15) is 5.56 Å². The van der Waals surface area contributed by atoms with E-state index in [0.717, 1.165) is 38.6 Å². The molecule has 1 aliphatic rings. The zero-order valence-corrected chi connectivity index (χ0v) is 9.11. The Kier molecular flexibility index (Phi) is 3.59. The maximum Gasteiger partial charge on any atom is 0.119 e. The van der Waals surface area contributed by atoms with Crippen LogP contribution in [0.2, 0.25) is 0 Å². The van der Waals surface area contributed by atoms with Crippen molar-refractivity contribution in [2.45, 2.75) is 6.54 Å². The second-order valence-corrected chi connectivity index (χ2v) is 3.74. The lowest BCUT2D eigenvalue weighted by molar-refractivity contribution is 0.0341. The summed E-state index contributed by atoms with van der Waals surface area (Å²) in [5.41, 5.74) is 1.30. The Balaban J connectivity index is 1.96. The molecule has 0 saturated carbocycles. The molecule has 1 aromatic carbocycles. The lowest BCUT2D eigenvalue weighted by Crippen LogP contribution is -2.35. The predicted octanol–water partition coefficient (Wildman–Crippen LogP) is 1.53.